The first-order chi connectivity index (χ1) is 15.5. The summed E-state index contributed by atoms with van der Waals surface area (Å²) < 4.78 is 12.1. The highest BCUT2D eigenvalue weighted by Crippen LogP contribution is 2.48. The predicted molar refractivity (Wildman–Crippen MR) is 122 cm³/mol. The van der Waals surface area contributed by atoms with Gasteiger partial charge in [-0.1, -0.05) is 18.0 Å². The Labute approximate surface area is 195 Å². The number of carbonyl (C=O) groups is 1. The third kappa shape index (κ3) is 4.36. The Bertz CT molecular complexity index is 1150. The number of pyridine rings is 1. The van der Waals surface area contributed by atoms with Crippen LogP contribution in [0.4, 0.5) is 0 Å². The summed E-state index contributed by atoms with van der Waals surface area (Å²) in [5, 5.41) is 8.84. The van der Waals surface area contributed by atoms with Gasteiger partial charge < -0.3 is 4.74 Å². The minimum atomic E-state index is -0.322. The fourth-order valence-corrected chi connectivity index (χ4v) is 5.78. The Hall–Kier alpha value is -2.52. The van der Waals surface area contributed by atoms with Gasteiger partial charge in [-0.3, -0.25) is 14.2 Å². The Morgan fingerprint density at radius 2 is 2.16 bits per heavy atom. The van der Waals surface area contributed by atoms with Crippen molar-refractivity contribution in [3.63, 3.8) is 0 Å². The molecule has 2 aliphatic carbocycles. The van der Waals surface area contributed by atoms with Crippen molar-refractivity contribution in [2.75, 3.05) is 6.61 Å². The van der Waals surface area contributed by atoms with Crippen molar-refractivity contribution in [3.8, 4) is 11.7 Å². The first kappa shape index (κ1) is 21.3. The number of nitrogens with one attached hydrogen (secondary N) is 1. The van der Waals surface area contributed by atoms with Crippen molar-refractivity contribution in [2.45, 2.75) is 37.5 Å². The number of nitrogens with zero attached hydrogens (tertiary/aromatic N) is 5. The van der Waals surface area contributed by atoms with Gasteiger partial charge in [-0.25, -0.2) is 9.67 Å². The van der Waals surface area contributed by atoms with Crippen LogP contribution in [0.3, 0.4) is 0 Å². The fraction of sp³-hybridized carbons (Fsp3) is 0.455. The maximum Gasteiger partial charge on any atom is 0.264 e. The quantitative estimate of drug-likeness (QED) is 0.409. The summed E-state index contributed by atoms with van der Waals surface area (Å²) in [5.41, 5.74) is 1.14. The van der Waals surface area contributed by atoms with E-state index < -0.39 is 0 Å². The average molecular weight is 473 g/mol. The molecule has 3 atom stereocenters. The van der Waals surface area contributed by atoms with Gasteiger partial charge in [0, 0.05) is 25.5 Å². The lowest BCUT2D eigenvalue weighted by molar-refractivity contribution is 0.0984. The van der Waals surface area contributed by atoms with Gasteiger partial charge in [-0.05, 0) is 68.0 Å². The molecule has 1 N–H and O–H groups in total. The van der Waals surface area contributed by atoms with Crippen LogP contribution < -0.4 is 9.46 Å². The molecule has 3 aromatic heterocycles. The topological polar surface area (TPSA) is 86.9 Å². The van der Waals surface area contributed by atoms with E-state index in [1.165, 1.54) is 37.6 Å². The Morgan fingerprint density at radius 1 is 1.28 bits per heavy atom. The molecule has 8 nitrogen and oxygen atoms in total. The number of aryl methyl sites for hydroxylation is 2. The number of hydrogen-bond acceptors (Lipinski definition) is 6. The van der Waals surface area contributed by atoms with Gasteiger partial charge in [-0.2, -0.15) is 5.10 Å². The fourth-order valence-electron chi connectivity index (χ4n) is 4.84. The van der Waals surface area contributed by atoms with Crippen LogP contribution in [-0.2, 0) is 7.05 Å². The molecule has 3 heterocycles. The van der Waals surface area contributed by atoms with Crippen LogP contribution in [-0.4, -0.2) is 37.1 Å². The van der Waals surface area contributed by atoms with Crippen molar-refractivity contribution < 1.29 is 9.53 Å². The molecule has 2 fully saturated rings. The maximum atomic E-state index is 12.5. The molecule has 10 heteroatoms. The van der Waals surface area contributed by atoms with E-state index in [9.17, 15) is 4.79 Å². The van der Waals surface area contributed by atoms with Gasteiger partial charge in [-0.15, -0.1) is 5.10 Å². The maximum absolute atomic E-state index is 12.5. The Balaban J connectivity index is 1.20. The largest absolute Gasteiger partial charge is 0.476 e. The Kier molecular flexibility index (Phi) is 5.86. The van der Waals surface area contributed by atoms with Crippen molar-refractivity contribution in [1.82, 2.24) is 29.3 Å². The molecule has 3 aromatic rings. The minimum absolute atomic E-state index is 0.114. The first-order valence-corrected chi connectivity index (χ1v) is 12.0. The third-order valence-electron chi connectivity index (χ3n) is 6.43. The summed E-state index contributed by atoms with van der Waals surface area (Å²) in [4.78, 5) is 17.8. The minimum Gasteiger partial charge on any atom is -0.476 e. The van der Waals surface area contributed by atoms with E-state index in [0.29, 0.717) is 23.2 Å². The zero-order chi connectivity index (χ0) is 22.2. The highest BCUT2D eigenvalue weighted by Gasteiger charge is 2.39. The summed E-state index contributed by atoms with van der Waals surface area (Å²) in [6.45, 7) is 2.61. The zero-order valence-corrected chi connectivity index (χ0v) is 19.6. The second-order valence-electron chi connectivity index (χ2n) is 8.64. The van der Waals surface area contributed by atoms with Crippen LogP contribution in [0.5, 0.6) is 5.88 Å². The van der Waals surface area contributed by atoms with Gasteiger partial charge in [0.25, 0.3) is 5.91 Å². The van der Waals surface area contributed by atoms with Gasteiger partial charge >= 0.3 is 0 Å². The summed E-state index contributed by atoms with van der Waals surface area (Å²) in [6, 6.07) is 5.19. The lowest BCUT2D eigenvalue weighted by Crippen LogP contribution is -2.18. The number of rotatable bonds is 7. The average Bonchev–Trinajstić information content (AvgIpc) is 3.55. The molecule has 0 aromatic carbocycles. The first-order valence-electron chi connectivity index (χ1n) is 10.8. The van der Waals surface area contributed by atoms with Crippen LogP contribution in [0.1, 0.15) is 41.7 Å². The second-order valence-corrected chi connectivity index (χ2v) is 9.84. The Morgan fingerprint density at radius 3 is 2.84 bits per heavy atom. The molecule has 5 rings (SSSR count). The number of fused-ring (bicyclic) bond motifs is 2. The number of aromatic nitrogens is 5. The summed E-state index contributed by atoms with van der Waals surface area (Å²) in [6.07, 6.45) is 9.01. The van der Waals surface area contributed by atoms with Gasteiger partial charge in [0.2, 0.25) is 5.88 Å². The number of halogens is 1. The molecule has 2 saturated carbocycles. The van der Waals surface area contributed by atoms with Crippen molar-refractivity contribution >= 4 is 29.5 Å². The number of amides is 1. The normalized spacial score (nSPS) is 21.8. The summed E-state index contributed by atoms with van der Waals surface area (Å²) in [7, 11) is 1.84. The van der Waals surface area contributed by atoms with E-state index in [1.807, 2.05) is 26.2 Å². The third-order valence-corrected chi connectivity index (χ3v) is 7.63. The SMILES string of the molecule is Cc1nn(C)cc1SNC(=O)c1ccc(-n2ccc(OCC3C[C@@H]4CC[C@H]3C4)n2)nc1Cl. The molecule has 32 heavy (non-hydrogen) atoms. The van der Waals surface area contributed by atoms with Crippen LogP contribution >= 0.6 is 23.5 Å². The van der Waals surface area contributed by atoms with Crippen molar-refractivity contribution in [2.24, 2.45) is 24.8 Å². The highest BCUT2D eigenvalue weighted by atomic mass is 35.5. The molecule has 1 amide bonds. The van der Waals surface area contributed by atoms with Crippen LogP contribution in [0.25, 0.3) is 5.82 Å². The van der Waals surface area contributed by atoms with Crippen LogP contribution in [0.2, 0.25) is 5.15 Å². The van der Waals surface area contributed by atoms with Crippen molar-refractivity contribution in [1.29, 1.82) is 0 Å². The van der Waals surface area contributed by atoms with Gasteiger partial charge in [0.15, 0.2) is 5.82 Å². The van der Waals surface area contributed by atoms with E-state index in [1.54, 1.807) is 27.7 Å². The molecule has 0 spiro atoms. The smallest absolute Gasteiger partial charge is 0.264 e. The van der Waals surface area contributed by atoms with E-state index in [0.717, 1.165) is 29.0 Å². The lowest BCUT2D eigenvalue weighted by atomic mass is 9.90. The molecule has 2 bridgehead atoms. The number of carbonyl (C=O) groups excluding carboxylic acids is 1. The molecule has 0 saturated heterocycles. The van der Waals surface area contributed by atoms with Crippen molar-refractivity contribution in [3.05, 3.63) is 47.0 Å². The molecule has 2 aliphatic rings. The van der Waals surface area contributed by atoms with Gasteiger partial charge in [0.05, 0.1) is 22.8 Å². The second kappa shape index (κ2) is 8.78. The predicted octanol–water partition coefficient (Wildman–Crippen LogP) is 4.21. The monoisotopic (exact) mass is 472 g/mol. The van der Waals surface area contributed by atoms with Crippen LogP contribution in [0, 0.1) is 24.7 Å². The summed E-state index contributed by atoms with van der Waals surface area (Å²) >= 11 is 7.51. The van der Waals surface area contributed by atoms with Crippen LogP contribution in [0.15, 0.2) is 35.5 Å². The number of ether oxygens (including phenoxy) is 1. The molecular weight excluding hydrogens is 448 g/mol. The summed E-state index contributed by atoms with van der Waals surface area (Å²) in [5.74, 6) is 3.16. The molecule has 1 unspecified atom stereocenters. The zero-order valence-electron chi connectivity index (χ0n) is 18.0. The number of hydrogen-bond donors (Lipinski definition) is 1. The molecule has 0 radical (unpaired) electrons. The lowest BCUT2D eigenvalue weighted by Gasteiger charge is -2.20. The van der Waals surface area contributed by atoms with E-state index in [4.69, 9.17) is 16.3 Å². The van der Waals surface area contributed by atoms with E-state index >= 15 is 0 Å². The standard InChI is InChI=1S/C22H25ClN6O2S/c1-13-18(11-28(2)25-13)32-27-22(30)17-5-6-19(24-21(17)23)29-8-7-20(26-29)31-12-16-10-14-3-4-15(16)9-14/h5-8,11,14-16H,3-4,9-10,12H2,1-2H3,(H,27,30)/t14-,15+,16?/m1/s1. The van der Waals surface area contributed by atoms with E-state index in [-0.39, 0.29) is 11.1 Å². The molecule has 0 aliphatic heterocycles. The molecular formula is C22H25ClN6O2S. The molecule has 168 valence electrons. The van der Waals surface area contributed by atoms with Gasteiger partial charge in [0.1, 0.15) is 5.15 Å². The van der Waals surface area contributed by atoms with E-state index in [2.05, 4.69) is 19.9 Å². The highest BCUT2D eigenvalue weighted by molar-refractivity contribution is 7.98.